The summed E-state index contributed by atoms with van der Waals surface area (Å²) in [6.07, 6.45) is 0. The first-order valence-corrected chi connectivity index (χ1v) is 6.60. The molecule has 0 spiro atoms. The van der Waals surface area contributed by atoms with Gasteiger partial charge in [0.05, 0.1) is 0 Å². The van der Waals surface area contributed by atoms with Gasteiger partial charge in [0.25, 0.3) is 0 Å². The third-order valence-electron chi connectivity index (χ3n) is 1.64. The zero-order valence-electron chi connectivity index (χ0n) is 10.9. The molecule has 0 aromatic rings. The van der Waals surface area contributed by atoms with E-state index < -0.39 is 32.3 Å². The normalized spacial score (nSPS) is 11.7. The first-order chi connectivity index (χ1) is 8.92. The van der Waals surface area contributed by atoms with Gasteiger partial charge in [-0.2, -0.15) is 0 Å². The third kappa shape index (κ3) is 6.09. The van der Waals surface area contributed by atoms with Gasteiger partial charge in [-0.15, -0.1) is 0 Å². The van der Waals surface area contributed by atoms with Gasteiger partial charge >= 0.3 is 25.7 Å². The van der Waals surface area contributed by atoms with Crippen LogP contribution in [-0.2, 0) is 28.2 Å². The lowest BCUT2D eigenvalue weighted by Crippen LogP contribution is -2.45. The second-order valence-electron chi connectivity index (χ2n) is 3.76. The highest BCUT2D eigenvalue weighted by atomic mass is 31.2. The predicted octanol–water partition coefficient (Wildman–Crippen LogP) is -0.0196. The molecule has 0 fully saturated rings. The van der Waals surface area contributed by atoms with Crippen molar-refractivity contribution in [2.24, 2.45) is 0 Å². The first kappa shape index (κ1) is 18.5. The molecule has 0 bridgehead atoms. The van der Waals surface area contributed by atoms with Crippen LogP contribution in [0.3, 0.4) is 0 Å². The van der Waals surface area contributed by atoms with Crippen molar-refractivity contribution in [2.45, 2.75) is 19.8 Å². The van der Waals surface area contributed by atoms with Gasteiger partial charge in [0.15, 0.2) is 6.61 Å². The zero-order chi connectivity index (χ0) is 16.1. The van der Waals surface area contributed by atoms with E-state index in [9.17, 15) is 14.2 Å². The quantitative estimate of drug-likeness (QED) is 0.256. The number of rotatable bonds is 7. The van der Waals surface area contributed by atoms with Crippen LogP contribution in [0.15, 0.2) is 24.3 Å². The minimum Gasteiger partial charge on any atom is -0.392 e. The van der Waals surface area contributed by atoms with E-state index in [0.29, 0.717) is 0 Å². The van der Waals surface area contributed by atoms with E-state index in [0.717, 1.165) is 0 Å². The molecule has 3 N–H and O–H groups in total. The standard InChI is InChI=1S/C10H15O9P/c1-6(2)8(12)17-10(5-11,19-20(14,15)16)18-9(13)7(3)4/h11H,1,3,5H2,2,4H3,(H2,14,15,16). The average Bonchev–Trinajstić information content (AvgIpc) is 2.25. The van der Waals surface area contributed by atoms with Gasteiger partial charge in [-0.25, -0.2) is 18.7 Å². The van der Waals surface area contributed by atoms with Gasteiger partial charge in [-0.05, 0) is 13.8 Å². The summed E-state index contributed by atoms with van der Waals surface area (Å²) in [5, 5.41) is 9.12. The topological polar surface area (TPSA) is 140 Å². The van der Waals surface area contributed by atoms with E-state index in [2.05, 4.69) is 27.2 Å². The molecule has 10 heteroatoms. The molecule has 0 heterocycles. The first-order valence-electron chi connectivity index (χ1n) is 5.07. The average molecular weight is 310 g/mol. The second kappa shape index (κ2) is 6.78. The Bertz CT molecular complexity index is 447. The number of phosphoric acid groups is 1. The lowest BCUT2D eigenvalue weighted by atomic mass is 10.3. The van der Waals surface area contributed by atoms with Crippen molar-refractivity contribution in [3.63, 3.8) is 0 Å². The summed E-state index contributed by atoms with van der Waals surface area (Å²) >= 11 is 0. The molecule has 0 aromatic heterocycles. The van der Waals surface area contributed by atoms with Crippen molar-refractivity contribution in [1.29, 1.82) is 0 Å². The van der Waals surface area contributed by atoms with Crippen molar-refractivity contribution in [3.05, 3.63) is 24.3 Å². The van der Waals surface area contributed by atoms with Crippen molar-refractivity contribution >= 4 is 19.8 Å². The van der Waals surface area contributed by atoms with Gasteiger partial charge in [-0.3, -0.25) is 0 Å². The SMILES string of the molecule is C=C(C)C(=O)OC(CO)(OC(=O)C(=C)C)OP(=O)(O)O. The minimum absolute atomic E-state index is 0.177. The predicted molar refractivity (Wildman–Crippen MR) is 64.8 cm³/mol. The van der Waals surface area contributed by atoms with Crippen LogP contribution >= 0.6 is 7.82 Å². The van der Waals surface area contributed by atoms with Crippen LogP contribution in [-0.4, -0.2) is 39.4 Å². The Hall–Kier alpha value is -1.51. The smallest absolute Gasteiger partial charge is 0.392 e. The molecule has 0 atom stereocenters. The maximum absolute atomic E-state index is 11.4. The molecule has 0 saturated heterocycles. The molecule has 0 saturated carbocycles. The van der Waals surface area contributed by atoms with Gasteiger partial charge in [-0.1, -0.05) is 13.2 Å². The van der Waals surface area contributed by atoms with Crippen molar-refractivity contribution in [2.75, 3.05) is 6.61 Å². The minimum atomic E-state index is -5.25. The molecule has 9 nitrogen and oxygen atoms in total. The van der Waals surface area contributed by atoms with Crippen molar-refractivity contribution < 1.29 is 43.0 Å². The van der Waals surface area contributed by atoms with Gasteiger partial charge in [0, 0.05) is 11.1 Å². The third-order valence-corrected chi connectivity index (χ3v) is 2.16. The van der Waals surface area contributed by atoms with Crippen molar-refractivity contribution in [1.82, 2.24) is 0 Å². The molecule has 0 aromatic carbocycles. The Kier molecular flexibility index (Phi) is 6.27. The summed E-state index contributed by atoms with van der Waals surface area (Å²) in [6, 6.07) is 0. The summed E-state index contributed by atoms with van der Waals surface area (Å²) in [7, 11) is -5.25. The Labute approximate surface area is 114 Å². The zero-order valence-corrected chi connectivity index (χ0v) is 11.8. The molecule has 0 amide bonds. The van der Waals surface area contributed by atoms with E-state index in [1.54, 1.807) is 0 Å². The van der Waals surface area contributed by atoms with E-state index in [1.807, 2.05) is 0 Å². The number of carbonyl (C=O) groups is 2. The van der Waals surface area contributed by atoms with Crippen molar-refractivity contribution in [3.8, 4) is 0 Å². The number of aliphatic hydroxyl groups excluding tert-OH is 1. The number of phosphoric ester groups is 1. The fourth-order valence-corrected chi connectivity index (χ4v) is 1.28. The number of esters is 2. The van der Waals surface area contributed by atoms with Crippen LogP contribution in [0.1, 0.15) is 13.8 Å². The molecule has 0 radical (unpaired) electrons. The summed E-state index contributed by atoms with van der Waals surface area (Å²) in [6.45, 7) is 7.54. The number of ether oxygens (including phenoxy) is 2. The van der Waals surface area contributed by atoms with E-state index >= 15 is 0 Å². The fraction of sp³-hybridized carbons (Fsp3) is 0.400. The molecule has 0 aliphatic rings. The second-order valence-corrected chi connectivity index (χ2v) is 4.93. The molecular weight excluding hydrogens is 295 g/mol. The van der Waals surface area contributed by atoms with Gasteiger partial charge < -0.3 is 24.4 Å². The van der Waals surface area contributed by atoms with Crippen LogP contribution < -0.4 is 0 Å². The number of hydrogen-bond acceptors (Lipinski definition) is 7. The number of carbonyl (C=O) groups excluding carboxylic acids is 2. The maximum Gasteiger partial charge on any atom is 0.475 e. The van der Waals surface area contributed by atoms with Gasteiger partial charge in [0.1, 0.15) is 0 Å². The summed E-state index contributed by atoms with van der Waals surface area (Å²) in [5.74, 6) is -5.38. The van der Waals surface area contributed by atoms with Gasteiger partial charge in [0.2, 0.25) is 0 Å². The fourth-order valence-electron chi connectivity index (χ4n) is 0.789. The maximum atomic E-state index is 11.4. The van der Waals surface area contributed by atoms with E-state index in [1.165, 1.54) is 13.8 Å². The lowest BCUT2D eigenvalue weighted by molar-refractivity contribution is -0.323. The van der Waals surface area contributed by atoms with Crippen LogP contribution in [0.25, 0.3) is 0 Å². The Balaban J connectivity index is 5.43. The van der Waals surface area contributed by atoms with Crippen LogP contribution in [0.5, 0.6) is 0 Å². The number of aliphatic hydroxyl groups is 1. The van der Waals surface area contributed by atoms with Crippen LogP contribution in [0.4, 0.5) is 0 Å². The monoisotopic (exact) mass is 310 g/mol. The molecule has 0 aliphatic carbocycles. The summed E-state index contributed by atoms with van der Waals surface area (Å²) in [4.78, 5) is 40.2. The highest BCUT2D eigenvalue weighted by Gasteiger charge is 2.46. The van der Waals surface area contributed by atoms with Crippen LogP contribution in [0, 0.1) is 0 Å². The highest BCUT2D eigenvalue weighted by molar-refractivity contribution is 7.46. The van der Waals surface area contributed by atoms with E-state index in [4.69, 9.17) is 14.9 Å². The Morgan fingerprint density at radius 3 is 1.65 bits per heavy atom. The molecule has 0 rings (SSSR count). The molecule has 20 heavy (non-hydrogen) atoms. The van der Waals surface area contributed by atoms with Crippen LogP contribution in [0.2, 0.25) is 0 Å². The lowest BCUT2D eigenvalue weighted by Gasteiger charge is -2.29. The molecule has 0 aliphatic heterocycles. The Morgan fingerprint density at radius 2 is 1.45 bits per heavy atom. The summed E-state index contributed by atoms with van der Waals surface area (Å²) in [5.41, 5.74) is -0.355. The Morgan fingerprint density at radius 1 is 1.10 bits per heavy atom. The molecule has 0 unspecified atom stereocenters. The molecular formula is C10H15O9P. The highest BCUT2D eigenvalue weighted by Crippen LogP contribution is 2.42. The molecule has 114 valence electrons. The largest absolute Gasteiger partial charge is 0.475 e. The number of hydrogen-bond donors (Lipinski definition) is 3. The van der Waals surface area contributed by atoms with E-state index in [-0.39, 0.29) is 11.1 Å². The summed E-state index contributed by atoms with van der Waals surface area (Å²) < 4.78 is 23.8.